The van der Waals surface area contributed by atoms with Crippen LogP contribution >= 0.6 is 11.3 Å². The van der Waals surface area contributed by atoms with Gasteiger partial charge >= 0.3 is 16.1 Å². The van der Waals surface area contributed by atoms with E-state index in [1.54, 1.807) is 29.8 Å². The van der Waals surface area contributed by atoms with Crippen molar-refractivity contribution in [1.29, 1.82) is 0 Å². The fraction of sp³-hybridized carbons (Fsp3) is 0.167. The summed E-state index contributed by atoms with van der Waals surface area (Å²) in [7, 11) is -2.41. The molecule has 10 nitrogen and oxygen atoms in total. The first kappa shape index (κ1) is 23.2. The lowest BCUT2D eigenvalue weighted by atomic mass is 10.2. The zero-order chi connectivity index (χ0) is 22.1. The largest absolute Gasteiger partial charge is 0.495 e. The molecule has 0 unspecified atom stereocenters. The van der Waals surface area contributed by atoms with Crippen molar-refractivity contribution in [1.82, 2.24) is 9.97 Å². The fourth-order valence-electron chi connectivity index (χ4n) is 2.10. The van der Waals surface area contributed by atoms with E-state index in [1.165, 1.54) is 19.4 Å². The van der Waals surface area contributed by atoms with Gasteiger partial charge in [0.1, 0.15) is 9.96 Å². The standard InChI is InChI=1S/C14H17N5O2.C4H4O3S2/c1-9-7-17-13(8-16-9)19-14(20)18-11-4-3-10(6-15)5-12(11)21-2;5-9(6,7)4-2-1-3-8-4/h3-5,7-8H,6,15H2,1-2H3,(H2,17,18,19,20);1-3H,(H,5,6,7). The number of nitrogens with two attached hydrogens (primary N) is 1. The van der Waals surface area contributed by atoms with Crippen molar-refractivity contribution in [2.45, 2.75) is 17.7 Å². The number of methoxy groups -OCH3 is 1. The summed E-state index contributed by atoms with van der Waals surface area (Å²) in [5, 5.41) is 6.87. The lowest BCUT2D eigenvalue weighted by molar-refractivity contribution is 0.262. The number of ether oxygens (including phenoxy) is 1. The third-order valence-electron chi connectivity index (χ3n) is 3.52. The Labute approximate surface area is 177 Å². The molecule has 0 bridgehead atoms. The molecule has 0 atom stereocenters. The van der Waals surface area contributed by atoms with Gasteiger partial charge in [-0.2, -0.15) is 8.42 Å². The minimum absolute atomic E-state index is 0.0116. The predicted octanol–water partition coefficient (Wildman–Crippen LogP) is 2.89. The Morgan fingerprint density at radius 3 is 2.50 bits per heavy atom. The molecule has 0 aliphatic carbocycles. The molecular formula is C18H21N5O5S2. The maximum absolute atomic E-state index is 11.9. The number of rotatable bonds is 5. The zero-order valence-corrected chi connectivity index (χ0v) is 17.8. The summed E-state index contributed by atoms with van der Waals surface area (Å²) in [6.07, 6.45) is 3.07. The van der Waals surface area contributed by atoms with Crippen molar-refractivity contribution in [3.05, 3.63) is 59.4 Å². The highest BCUT2D eigenvalue weighted by Crippen LogP contribution is 2.25. The number of hydrogen-bond donors (Lipinski definition) is 4. The molecule has 2 amide bonds. The Morgan fingerprint density at radius 1 is 1.23 bits per heavy atom. The van der Waals surface area contributed by atoms with Crippen LogP contribution in [0, 0.1) is 6.92 Å². The third-order valence-corrected chi connectivity index (χ3v) is 5.75. The molecule has 0 radical (unpaired) electrons. The van der Waals surface area contributed by atoms with Crippen molar-refractivity contribution in [3.8, 4) is 5.75 Å². The first-order valence-corrected chi connectivity index (χ1v) is 10.8. The zero-order valence-electron chi connectivity index (χ0n) is 16.2. The van der Waals surface area contributed by atoms with E-state index < -0.39 is 16.1 Å². The summed E-state index contributed by atoms with van der Waals surface area (Å²) < 4.78 is 34.1. The van der Waals surface area contributed by atoms with E-state index in [0.717, 1.165) is 22.6 Å². The molecule has 160 valence electrons. The topological polar surface area (TPSA) is 157 Å². The van der Waals surface area contributed by atoms with Crippen LogP contribution in [0.2, 0.25) is 0 Å². The number of nitrogens with one attached hydrogen (secondary N) is 2. The van der Waals surface area contributed by atoms with Gasteiger partial charge in [0.15, 0.2) is 5.82 Å². The number of anilines is 2. The summed E-state index contributed by atoms with van der Waals surface area (Å²) in [5.41, 5.74) is 7.81. The number of hydrogen-bond acceptors (Lipinski definition) is 8. The number of carbonyl (C=O) groups excluding carboxylic acids is 1. The second kappa shape index (κ2) is 10.6. The van der Waals surface area contributed by atoms with Crippen LogP contribution < -0.4 is 21.1 Å². The van der Waals surface area contributed by atoms with Gasteiger partial charge in [-0.25, -0.2) is 9.78 Å². The quantitative estimate of drug-likeness (QED) is 0.431. The summed E-state index contributed by atoms with van der Waals surface area (Å²) in [6, 6.07) is 7.83. The van der Waals surface area contributed by atoms with E-state index in [9.17, 15) is 13.2 Å². The minimum atomic E-state index is -3.94. The first-order chi connectivity index (χ1) is 14.2. The molecule has 5 N–H and O–H groups in total. The summed E-state index contributed by atoms with van der Waals surface area (Å²) in [6.45, 7) is 2.22. The van der Waals surface area contributed by atoms with E-state index in [1.807, 2.05) is 13.0 Å². The lowest BCUT2D eigenvalue weighted by Gasteiger charge is -2.12. The van der Waals surface area contributed by atoms with Gasteiger partial charge in [-0.15, -0.1) is 11.3 Å². The number of amides is 2. The number of benzene rings is 1. The van der Waals surface area contributed by atoms with Gasteiger partial charge in [-0.05, 0) is 36.1 Å². The predicted molar refractivity (Wildman–Crippen MR) is 114 cm³/mol. The lowest BCUT2D eigenvalue weighted by Crippen LogP contribution is -2.20. The fourth-order valence-corrected chi connectivity index (χ4v) is 3.46. The Hall–Kier alpha value is -3.06. The number of nitrogens with zero attached hydrogens (tertiary/aromatic N) is 2. The van der Waals surface area contributed by atoms with Gasteiger partial charge in [0, 0.05) is 6.54 Å². The number of urea groups is 1. The van der Waals surface area contributed by atoms with Crippen molar-refractivity contribution in [2.24, 2.45) is 5.73 Å². The number of aromatic nitrogens is 2. The molecule has 1 aromatic carbocycles. The van der Waals surface area contributed by atoms with Crippen LogP contribution in [0.5, 0.6) is 5.75 Å². The summed E-state index contributed by atoms with van der Waals surface area (Å²) in [5.74, 6) is 0.915. The van der Waals surface area contributed by atoms with Crippen molar-refractivity contribution in [3.63, 3.8) is 0 Å². The monoisotopic (exact) mass is 451 g/mol. The molecule has 30 heavy (non-hydrogen) atoms. The number of thiophene rings is 1. The van der Waals surface area contributed by atoms with Crippen LogP contribution in [-0.2, 0) is 16.7 Å². The normalized spacial score (nSPS) is 10.5. The van der Waals surface area contributed by atoms with Crippen LogP contribution in [0.3, 0.4) is 0 Å². The molecule has 0 aliphatic heterocycles. The molecule has 0 aliphatic rings. The Kier molecular flexibility index (Phi) is 8.24. The highest BCUT2D eigenvalue weighted by molar-refractivity contribution is 7.88. The maximum atomic E-state index is 11.9. The maximum Gasteiger partial charge on any atom is 0.324 e. The number of carbonyl (C=O) groups is 1. The molecule has 0 saturated carbocycles. The van der Waals surface area contributed by atoms with Gasteiger partial charge in [0.05, 0.1) is 30.9 Å². The first-order valence-electron chi connectivity index (χ1n) is 8.47. The summed E-state index contributed by atoms with van der Waals surface area (Å²) >= 11 is 0.992. The molecule has 0 fully saturated rings. The van der Waals surface area contributed by atoms with Gasteiger partial charge in [0.2, 0.25) is 0 Å². The van der Waals surface area contributed by atoms with Crippen molar-refractivity contribution in [2.75, 3.05) is 17.7 Å². The summed E-state index contributed by atoms with van der Waals surface area (Å²) in [4.78, 5) is 20.0. The Morgan fingerprint density at radius 2 is 2.00 bits per heavy atom. The third kappa shape index (κ3) is 7.08. The van der Waals surface area contributed by atoms with E-state index in [2.05, 4.69) is 20.6 Å². The van der Waals surface area contributed by atoms with Gasteiger partial charge in [0.25, 0.3) is 0 Å². The van der Waals surface area contributed by atoms with E-state index in [-0.39, 0.29) is 4.21 Å². The van der Waals surface area contributed by atoms with Crippen LogP contribution in [0.25, 0.3) is 0 Å². The van der Waals surface area contributed by atoms with Crippen LogP contribution in [0.15, 0.2) is 52.3 Å². The SMILES string of the molecule is COc1cc(CN)ccc1NC(=O)Nc1cnc(C)cn1.O=S(=O)(O)c1cccs1. The molecule has 3 aromatic rings. The van der Waals surface area contributed by atoms with E-state index in [0.29, 0.717) is 23.8 Å². The van der Waals surface area contributed by atoms with Gasteiger partial charge in [-0.3, -0.25) is 14.9 Å². The average Bonchev–Trinajstić information content (AvgIpc) is 3.26. The second-order valence-corrected chi connectivity index (χ2v) is 8.36. The Balaban J connectivity index is 0.000000297. The molecule has 2 aromatic heterocycles. The smallest absolute Gasteiger partial charge is 0.324 e. The van der Waals surface area contributed by atoms with Crippen LogP contribution in [0.4, 0.5) is 16.3 Å². The molecule has 2 heterocycles. The van der Waals surface area contributed by atoms with E-state index >= 15 is 0 Å². The van der Waals surface area contributed by atoms with Gasteiger partial charge in [-0.1, -0.05) is 12.1 Å². The highest BCUT2D eigenvalue weighted by atomic mass is 32.3. The molecule has 0 spiro atoms. The molecule has 3 rings (SSSR count). The Bertz CT molecular complexity index is 1070. The van der Waals surface area contributed by atoms with Crippen LogP contribution in [-0.4, -0.2) is 36.1 Å². The average molecular weight is 452 g/mol. The second-order valence-electron chi connectivity index (χ2n) is 5.77. The van der Waals surface area contributed by atoms with E-state index in [4.69, 9.17) is 15.0 Å². The molecular weight excluding hydrogens is 430 g/mol. The van der Waals surface area contributed by atoms with Crippen LogP contribution in [0.1, 0.15) is 11.3 Å². The molecule has 12 heteroatoms. The van der Waals surface area contributed by atoms with Crippen molar-refractivity contribution < 1.29 is 22.5 Å². The van der Waals surface area contributed by atoms with Gasteiger partial charge < -0.3 is 15.8 Å². The molecule has 0 saturated heterocycles. The van der Waals surface area contributed by atoms with Crippen molar-refractivity contribution >= 4 is 39.0 Å². The number of aryl methyl sites for hydroxylation is 1. The minimum Gasteiger partial charge on any atom is -0.495 e. The highest BCUT2D eigenvalue weighted by Gasteiger charge is 2.09.